The van der Waals surface area contributed by atoms with E-state index in [0.717, 1.165) is 17.3 Å². The molecule has 4 rings (SSSR count). The molecule has 12 heavy (non-hydrogen) atoms. The van der Waals surface area contributed by atoms with Crippen LogP contribution in [0.1, 0.15) is 25.7 Å². The maximum atomic E-state index is 2.52. The zero-order chi connectivity index (χ0) is 7.81. The molecule has 2 unspecified atom stereocenters. The summed E-state index contributed by atoms with van der Waals surface area (Å²) in [4.78, 5) is 0. The minimum Gasteiger partial charge on any atom is -0.0833 e. The van der Waals surface area contributed by atoms with E-state index in [9.17, 15) is 0 Å². The van der Waals surface area contributed by atoms with Crippen LogP contribution >= 0.6 is 0 Å². The van der Waals surface area contributed by atoms with Crippen LogP contribution < -0.4 is 0 Å². The first-order chi connectivity index (χ1) is 5.89. The normalized spacial score (nSPS) is 63.3. The van der Waals surface area contributed by atoms with E-state index < -0.39 is 0 Å². The highest BCUT2D eigenvalue weighted by Crippen LogP contribution is 2.81. The third-order valence-corrected chi connectivity index (χ3v) is 4.97. The first-order valence-electron chi connectivity index (χ1n) is 5.28. The van der Waals surface area contributed by atoms with Crippen molar-refractivity contribution in [3.8, 4) is 0 Å². The largest absolute Gasteiger partial charge is 0.0833 e. The molecule has 0 amide bonds. The van der Waals surface area contributed by atoms with E-state index in [1.807, 2.05) is 0 Å². The van der Waals surface area contributed by atoms with Crippen molar-refractivity contribution in [1.82, 2.24) is 0 Å². The van der Waals surface area contributed by atoms with E-state index in [1.54, 1.807) is 0 Å². The van der Waals surface area contributed by atoms with Crippen molar-refractivity contribution in [2.24, 2.45) is 22.7 Å². The van der Waals surface area contributed by atoms with Crippen LogP contribution in [0.3, 0.4) is 0 Å². The standard InChI is InChI=1S/C12H14/c1-2-6-12-9-3-7-11(12,5-1)8-4-10(9)12/h3-4,7-10H,1-2,5-6H2. The third kappa shape index (κ3) is 0.361. The first-order valence-corrected chi connectivity index (χ1v) is 5.28. The van der Waals surface area contributed by atoms with E-state index in [-0.39, 0.29) is 0 Å². The molecule has 0 N–H and O–H groups in total. The van der Waals surface area contributed by atoms with Gasteiger partial charge in [-0.3, -0.25) is 0 Å². The highest BCUT2D eigenvalue weighted by atomic mass is 14.8. The van der Waals surface area contributed by atoms with Crippen molar-refractivity contribution in [3.63, 3.8) is 0 Å². The van der Waals surface area contributed by atoms with Gasteiger partial charge >= 0.3 is 0 Å². The Balaban J connectivity index is 1.96. The summed E-state index contributed by atoms with van der Waals surface area (Å²) in [5, 5.41) is 0. The molecule has 0 aromatic heterocycles. The summed E-state index contributed by atoms with van der Waals surface area (Å²) < 4.78 is 0. The van der Waals surface area contributed by atoms with E-state index in [2.05, 4.69) is 24.3 Å². The second-order valence-corrected chi connectivity index (χ2v) is 5.06. The number of allylic oxidation sites excluding steroid dienone is 4. The number of rotatable bonds is 0. The van der Waals surface area contributed by atoms with Crippen LogP contribution in [0.4, 0.5) is 0 Å². The van der Waals surface area contributed by atoms with E-state index in [0.29, 0.717) is 5.41 Å². The molecule has 2 saturated carbocycles. The zero-order valence-electron chi connectivity index (χ0n) is 7.29. The summed E-state index contributed by atoms with van der Waals surface area (Å²) in [5.74, 6) is 1.92. The molecule has 0 heterocycles. The predicted octanol–water partition coefficient (Wildman–Crippen LogP) is 2.92. The molecular weight excluding hydrogens is 144 g/mol. The number of hydrogen-bond acceptors (Lipinski definition) is 0. The first kappa shape index (κ1) is 6.01. The van der Waals surface area contributed by atoms with E-state index in [4.69, 9.17) is 0 Å². The predicted molar refractivity (Wildman–Crippen MR) is 48.6 cm³/mol. The second-order valence-electron chi connectivity index (χ2n) is 5.06. The quantitative estimate of drug-likeness (QED) is 0.475. The Morgan fingerprint density at radius 1 is 0.917 bits per heavy atom. The van der Waals surface area contributed by atoms with Crippen molar-refractivity contribution in [1.29, 1.82) is 0 Å². The monoisotopic (exact) mass is 158 g/mol. The molecular formula is C12H14. The maximum absolute atomic E-state index is 2.52. The van der Waals surface area contributed by atoms with Crippen molar-refractivity contribution in [2.45, 2.75) is 25.7 Å². The van der Waals surface area contributed by atoms with Gasteiger partial charge in [0.1, 0.15) is 0 Å². The average Bonchev–Trinajstić information content (AvgIpc) is 2.48. The Morgan fingerprint density at radius 2 is 1.58 bits per heavy atom. The van der Waals surface area contributed by atoms with Gasteiger partial charge in [-0.15, -0.1) is 0 Å². The van der Waals surface area contributed by atoms with Crippen molar-refractivity contribution < 1.29 is 0 Å². The van der Waals surface area contributed by atoms with Gasteiger partial charge in [-0.25, -0.2) is 0 Å². The lowest BCUT2D eigenvalue weighted by Crippen LogP contribution is -2.29. The minimum absolute atomic E-state index is 0.556. The van der Waals surface area contributed by atoms with Crippen LogP contribution in [0, 0.1) is 22.7 Å². The molecule has 0 heteroatoms. The third-order valence-electron chi connectivity index (χ3n) is 4.97. The molecule has 0 aromatic carbocycles. The molecule has 62 valence electrons. The van der Waals surface area contributed by atoms with Crippen LogP contribution in [-0.4, -0.2) is 0 Å². The van der Waals surface area contributed by atoms with Gasteiger partial charge in [0.15, 0.2) is 0 Å². The van der Waals surface area contributed by atoms with Crippen LogP contribution in [-0.2, 0) is 0 Å². The lowest BCUT2D eigenvalue weighted by molar-refractivity contribution is 0.184. The molecule has 1 spiro atoms. The van der Waals surface area contributed by atoms with Crippen molar-refractivity contribution >= 4 is 0 Å². The molecule has 0 aromatic rings. The Kier molecular flexibility index (Phi) is 0.727. The van der Waals surface area contributed by atoms with Crippen molar-refractivity contribution in [2.75, 3.05) is 0 Å². The fourth-order valence-electron chi connectivity index (χ4n) is 4.42. The van der Waals surface area contributed by atoms with Gasteiger partial charge in [0.05, 0.1) is 0 Å². The van der Waals surface area contributed by atoms with Crippen LogP contribution in [0.25, 0.3) is 0 Å². The number of fused-ring (bicyclic) bond motifs is 1. The molecule has 0 radical (unpaired) electrons. The molecule has 2 atom stereocenters. The van der Waals surface area contributed by atoms with Crippen LogP contribution in [0.15, 0.2) is 24.3 Å². The maximum Gasteiger partial charge on any atom is 0.0129 e. The Labute approximate surface area is 73.4 Å². The van der Waals surface area contributed by atoms with E-state index >= 15 is 0 Å². The molecule has 0 aliphatic heterocycles. The minimum atomic E-state index is 0.556. The van der Waals surface area contributed by atoms with Gasteiger partial charge in [-0.1, -0.05) is 37.1 Å². The van der Waals surface area contributed by atoms with Crippen LogP contribution in [0.2, 0.25) is 0 Å². The average molecular weight is 158 g/mol. The van der Waals surface area contributed by atoms with Crippen LogP contribution in [0.5, 0.6) is 0 Å². The molecule has 0 saturated heterocycles. The topological polar surface area (TPSA) is 0 Å². The second kappa shape index (κ2) is 1.45. The van der Waals surface area contributed by atoms with Gasteiger partial charge in [0.2, 0.25) is 0 Å². The summed E-state index contributed by atoms with van der Waals surface area (Å²) >= 11 is 0. The summed E-state index contributed by atoms with van der Waals surface area (Å²) in [6, 6.07) is 0. The fraction of sp³-hybridized carbons (Fsp3) is 0.667. The molecule has 4 aliphatic carbocycles. The molecule has 0 bridgehead atoms. The molecule has 4 aliphatic rings. The fourth-order valence-corrected chi connectivity index (χ4v) is 4.42. The lowest BCUT2D eigenvalue weighted by atomic mass is 9.66. The van der Waals surface area contributed by atoms with Gasteiger partial charge < -0.3 is 0 Å². The summed E-state index contributed by atoms with van der Waals surface area (Å²) in [7, 11) is 0. The van der Waals surface area contributed by atoms with Gasteiger partial charge in [0.25, 0.3) is 0 Å². The SMILES string of the molecule is C1=CC23C=CC4C1C42CCCC3. The van der Waals surface area contributed by atoms with Gasteiger partial charge in [-0.2, -0.15) is 0 Å². The lowest BCUT2D eigenvalue weighted by Gasteiger charge is -2.37. The molecule has 0 nitrogen and oxygen atoms in total. The van der Waals surface area contributed by atoms with Crippen molar-refractivity contribution in [3.05, 3.63) is 24.3 Å². The van der Waals surface area contributed by atoms with E-state index in [1.165, 1.54) is 25.7 Å². The Hall–Kier alpha value is -0.520. The smallest absolute Gasteiger partial charge is 0.0129 e. The summed E-state index contributed by atoms with van der Waals surface area (Å²) in [5.41, 5.74) is 1.30. The molecule has 2 fully saturated rings. The Bertz CT molecular complexity index is 288. The Morgan fingerprint density at radius 3 is 2.25 bits per heavy atom. The summed E-state index contributed by atoms with van der Waals surface area (Å²) in [6.07, 6.45) is 15.9. The number of hydrogen-bond donors (Lipinski definition) is 0. The highest BCUT2D eigenvalue weighted by Gasteiger charge is 2.75. The summed E-state index contributed by atoms with van der Waals surface area (Å²) in [6.45, 7) is 0. The zero-order valence-corrected chi connectivity index (χ0v) is 7.29. The van der Waals surface area contributed by atoms with Gasteiger partial charge in [-0.05, 0) is 30.1 Å². The highest BCUT2D eigenvalue weighted by molar-refractivity contribution is 5.47. The van der Waals surface area contributed by atoms with Gasteiger partial charge in [0, 0.05) is 5.41 Å².